The van der Waals surface area contributed by atoms with Gasteiger partial charge in [0.25, 0.3) is 0 Å². The Morgan fingerprint density at radius 3 is 2.61 bits per heavy atom. The van der Waals surface area contributed by atoms with E-state index in [1.54, 1.807) is 6.33 Å². The summed E-state index contributed by atoms with van der Waals surface area (Å²) in [7, 11) is 0. The van der Waals surface area contributed by atoms with Crippen molar-refractivity contribution < 1.29 is 0 Å². The minimum absolute atomic E-state index is 0.801. The highest BCUT2D eigenvalue weighted by molar-refractivity contribution is 5.58. The zero-order valence-electron chi connectivity index (χ0n) is 10.6. The highest BCUT2D eigenvalue weighted by Gasteiger charge is 1.98. The van der Waals surface area contributed by atoms with Crippen molar-refractivity contribution in [2.75, 3.05) is 17.2 Å². The molecule has 0 atom stereocenters. The Balaban J connectivity index is 1.99. The van der Waals surface area contributed by atoms with Gasteiger partial charge in [0.15, 0.2) is 0 Å². The zero-order valence-corrected chi connectivity index (χ0v) is 10.6. The molecule has 1 heterocycles. The van der Waals surface area contributed by atoms with E-state index in [-0.39, 0.29) is 0 Å². The van der Waals surface area contributed by atoms with Gasteiger partial charge in [-0.25, -0.2) is 9.97 Å². The van der Waals surface area contributed by atoms with E-state index >= 15 is 0 Å². The third-order valence-corrected chi connectivity index (χ3v) is 2.55. The molecule has 1 aromatic carbocycles. The summed E-state index contributed by atoms with van der Waals surface area (Å²) in [5, 5.41) is 6.52. The summed E-state index contributed by atoms with van der Waals surface area (Å²) in [5.41, 5.74) is 1.02. The van der Waals surface area contributed by atoms with Gasteiger partial charge in [-0.1, -0.05) is 31.5 Å². The number of benzene rings is 1. The topological polar surface area (TPSA) is 49.8 Å². The van der Waals surface area contributed by atoms with Gasteiger partial charge in [0.05, 0.1) is 0 Å². The molecule has 0 bridgehead atoms. The van der Waals surface area contributed by atoms with E-state index in [1.165, 1.54) is 6.42 Å². The highest BCUT2D eigenvalue weighted by Crippen LogP contribution is 2.15. The van der Waals surface area contributed by atoms with Gasteiger partial charge in [0.1, 0.15) is 18.0 Å². The van der Waals surface area contributed by atoms with Crippen molar-refractivity contribution in [1.82, 2.24) is 9.97 Å². The van der Waals surface area contributed by atoms with Crippen LogP contribution in [0, 0.1) is 0 Å². The average molecular weight is 242 g/mol. The molecule has 0 fully saturated rings. The van der Waals surface area contributed by atoms with Crippen LogP contribution in [0.5, 0.6) is 0 Å². The van der Waals surface area contributed by atoms with Crippen molar-refractivity contribution in [2.24, 2.45) is 0 Å². The number of anilines is 3. The molecule has 0 aliphatic rings. The first-order chi connectivity index (χ1) is 8.88. The SMILES string of the molecule is CCCCNc1cc(Nc2ccccc2)ncn1. The maximum atomic E-state index is 4.20. The van der Waals surface area contributed by atoms with Crippen LogP contribution >= 0.6 is 0 Å². The molecule has 18 heavy (non-hydrogen) atoms. The Morgan fingerprint density at radius 2 is 1.83 bits per heavy atom. The Labute approximate surface area is 107 Å². The zero-order chi connectivity index (χ0) is 12.6. The molecule has 0 aliphatic heterocycles. The Kier molecular flexibility index (Phi) is 4.53. The van der Waals surface area contributed by atoms with Gasteiger partial charge in [-0.3, -0.25) is 0 Å². The van der Waals surface area contributed by atoms with E-state index in [0.29, 0.717) is 0 Å². The summed E-state index contributed by atoms with van der Waals surface area (Å²) in [6.07, 6.45) is 3.89. The molecule has 1 aromatic heterocycles. The molecule has 0 unspecified atom stereocenters. The standard InChI is InChI=1S/C14H18N4/c1-2-3-9-15-13-10-14(17-11-16-13)18-12-7-5-4-6-8-12/h4-8,10-11H,2-3,9H2,1H3,(H2,15,16,17,18). The number of rotatable bonds is 6. The van der Waals surface area contributed by atoms with Crippen molar-refractivity contribution in [2.45, 2.75) is 19.8 Å². The van der Waals surface area contributed by atoms with E-state index in [1.807, 2.05) is 36.4 Å². The lowest BCUT2D eigenvalue weighted by molar-refractivity contribution is 0.830. The summed E-state index contributed by atoms with van der Waals surface area (Å²) in [5.74, 6) is 1.66. The van der Waals surface area contributed by atoms with Gasteiger partial charge >= 0.3 is 0 Å². The lowest BCUT2D eigenvalue weighted by atomic mass is 10.3. The summed E-state index contributed by atoms with van der Waals surface area (Å²) >= 11 is 0. The maximum Gasteiger partial charge on any atom is 0.135 e. The lowest BCUT2D eigenvalue weighted by Crippen LogP contribution is -2.04. The van der Waals surface area contributed by atoms with E-state index in [4.69, 9.17) is 0 Å². The first-order valence-corrected chi connectivity index (χ1v) is 6.26. The number of hydrogen-bond acceptors (Lipinski definition) is 4. The number of nitrogens with zero attached hydrogens (tertiary/aromatic N) is 2. The molecule has 2 rings (SSSR count). The van der Waals surface area contributed by atoms with E-state index < -0.39 is 0 Å². The van der Waals surface area contributed by atoms with Crippen LogP contribution < -0.4 is 10.6 Å². The van der Waals surface area contributed by atoms with Crippen LogP contribution in [0.4, 0.5) is 17.3 Å². The molecule has 0 radical (unpaired) electrons. The van der Waals surface area contributed by atoms with Gasteiger partial charge in [-0.2, -0.15) is 0 Å². The predicted octanol–water partition coefficient (Wildman–Crippen LogP) is 3.43. The second-order valence-corrected chi connectivity index (χ2v) is 4.06. The van der Waals surface area contributed by atoms with E-state index in [9.17, 15) is 0 Å². The van der Waals surface area contributed by atoms with Crippen LogP contribution in [0.3, 0.4) is 0 Å². The van der Waals surface area contributed by atoms with Gasteiger partial charge < -0.3 is 10.6 Å². The first kappa shape index (κ1) is 12.4. The maximum absolute atomic E-state index is 4.20. The predicted molar refractivity (Wildman–Crippen MR) is 75.2 cm³/mol. The number of para-hydroxylation sites is 1. The first-order valence-electron chi connectivity index (χ1n) is 6.26. The van der Waals surface area contributed by atoms with Crippen molar-refractivity contribution >= 4 is 17.3 Å². The normalized spacial score (nSPS) is 10.1. The molecule has 0 amide bonds. The third kappa shape index (κ3) is 3.73. The molecule has 2 N–H and O–H groups in total. The average Bonchev–Trinajstić information content (AvgIpc) is 2.41. The molecule has 2 aromatic rings. The van der Waals surface area contributed by atoms with Crippen LogP contribution in [-0.4, -0.2) is 16.5 Å². The summed E-state index contributed by atoms with van der Waals surface area (Å²) in [4.78, 5) is 8.39. The van der Waals surface area contributed by atoms with Gasteiger partial charge in [-0.05, 0) is 18.6 Å². The molecule has 0 saturated heterocycles. The van der Waals surface area contributed by atoms with Crippen LogP contribution in [-0.2, 0) is 0 Å². The fourth-order valence-electron chi connectivity index (χ4n) is 1.58. The van der Waals surface area contributed by atoms with E-state index in [2.05, 4.69) is 27.5 Å². The fraction of sp³-hybridized carbons (Fsp3) is 0.286. The molecular formula is C14H18N4. The van der Waals surface area contributed by atoms with Crippen molar-refractivity contribution in [1.29, 1.82) is 0 Å². The molecule has 4 nitrogen and oxygen atoms in total. The smallest absolute Gasteiger partial charge is 0.135 e. The number of aromatic nitrogens is 2. The minimum atomic E-state index is 0.801. The quantitative estimate of drug-likeness (QED) is 0.762. The van der Waals surface area contributed by atoms with Crippen LogP contribution in [0.25, 0.3) is 0 Å². The third-order valence-electron chi connectivity index (χ3n) is 2.55. The van der Waals surface area contributed by atoms with Crippen molar-refractivity contribution in [3.8, 4) is 0 Å². The Morgan fingerprint density at radius 1 is 1.06 bits per heavy atom. The molecule has 0 spiro atoms. The van der Waals surface area contributed by atoms with Crippen molar-refractivity contribution in [3.63, 3.8) is 0 Å². The second kappa shape index (κ2) is 6.59. The van der Waals surface area contributed by atoms with Gasteiger partial charge in [-0.15, -0.1) is 0 Å². The highest BCUT2D eigenvalue weighted by atomic mass is 15.1. The largest absolute Gasteiger partial charge is 0.370 e. The molecule has 94 valence electrons. The van der Waals surface area contributed by atoms with Crippen LogP contribution in [0.2, 0.25) is 0 Å². The lowest BCUT2D eigenvalue weighted by Gasteiger charge is -2.08. The number of nitrogens with one attached hydrogen (secondary N) is 2. The second-order valence-electron chi connectivity index (χ2n) is 4.06. The van der Waals surface area contributed by atoms with E-state index in [0.717, 1.165) is 30.3 Å². The van der Waals surface area contributed by atoms with Crippen molar-refractivity contribution in [3.05, 3.63) is 42.7 Å². The van der Waals surface area contributed by atoms with Crippen LogP contribution in [0.15, 0.2) is 42.7 Å². The summed E-state index contributed by atoms with van der Waals surface area (Å²) < 4.78 is 0. The monoisotopic (exact) mass is 242 g/mol. The molecule has 0 saturated carbocycles. The number of hydrogen-bond donors (Lipinski definition) is 2. The van der Waals surface area contributed by atoms with Gasteiger partial charge in [0.2, 0.25) is 0 Å². The fourth-order valence-corrected chi connectivity index (χ4v) is 1.58. The molecular weight excluding hydrogens is 224 g/mol. The minimum Gasteiger partial charge on any atom is -0.370 e. The number of unbranched alkanes of at least 4 members (excludes halogenated alkanes) is 1. The summed E-state index contributed by atoms with van der Waals surface area (Å²) in [6, 6.07) is 11.9. The Bertz CT molecular complexity index is 470. The van der Waals surface area contributed by atoms with Gasteiger partial charge in [0, 0.05) is 18.3 Å². The summed E-state index contributed by atoms with van der Waals surface area (Å²) in [6.45, 7) is 3.11. The van der Waals surface area contributed by atoms with Crippen LogP contribution in [0.1, 0.15) is 19.8 Å². The Hall–Kier alpha value is -2.10. The molecule has 0 aliphatic carbocycles. The molecule has 4 heteroatoms.